The number of benzene rings is 3. The highest BCUT2D eigenvalue weighted by atomic mass is 16.5. The lowest BCUT2D eigenvalue weighted by Gasteiger charge is -2.11. The van der Waals surface area contributed by atoms with Gasteiger partial charge in [0.15, 0.2) is 0 Å². The molecular formula is C26H22N4O3. The van der Waals surface area contributed by atoms with Crippen molar-refractivity contribution in [3.05, 3.63) is 108 Å². The quantitative estimate of drug-likeness (QED) is 0.410. The van der Waals surface area contributed by atoms with E-state index >= 15 is 0 Å². The maximum atomic E-state index is 12.8. The Balaban J connectivity index is 1.34. The summed E-state index contributed by atoms with van der Waals surface area (Å²) in [5.41, 5.74) is 2.55. The van der Waals surface area contributed by atoms with E-state index in [1.165, 1.54) is 0 Å². The largest absolute Gasteiger partial charge is 0.492 e. The highest BCUT2D eigenvalue weighted by Crippen LogP contribution is 2.19. The van der Waals surface area contributed by atoms with Crippen LogP contribution in [0.2, 0.25) is 0 Å². The third-order valence-electron chi connectivity index (χ3n) is 4.80. The Hall–Kier alpha value is -4.57. The molecule has 0 radical (unpaired) electrons. The Labute approximate surface area is 191 Å². The maximum Gasteiger partial charge on any atom is 0.255 e. The van der Waals surface area contributed by atoms with Crippen LogP contribution in [-0.2, 0) is 13.2 Å². The van der Waals surface area contributed by atoms with E-state index in [-0.39, 0.29) is 12.5 Å². The maximum absolute atomic E-state index is 12.8. The lowest BCUT2D eigenvalue weighted by molar-refractivity contribution is 0.102. The van der Waals surface area contributed by atoms with Crippen LogP contribution in [0.4, 0.5) is 5.69 Å². The van der Waals surface area contributed by atoms with E-state index in [4.69, 9.17) is 14.7 Å². The summed E-state index contributed by atoms with van der Waals surface area (Å²) in [6.45, 7) is 1.40. The molecule has 33 heavy (non-hydrogen) atoms. The molecule has 0 fully saturated rings. The number of aromatic nitrogens is 2. The minimum absolute atomic E-state index is 0.225. The van der Waals surface area contributed by atoms with Crippen LogP contribution in [0.15, 0.2) is 91.3 Å². The summed E-state index contributed by atoms with van der Waals surface area (Å²) in [6, 6.07) is 25.4. The molecule has 1 heterocycles. The normalized spacial score (nSPS) is 10.3. The van der Waals surface area contributed by atoms with Gasteiger partial charge >= 0.3 is 0 Å². The molecule has 164 valence electrons. The molecule has 4 aromatic rings. The van der Waals surface area contributed by atoms with Crippen molar-refractivity contribution in [2.75, 3.05) is 11.9 Å². The first-order chi connectivity index (χ1) is 16.2. The number of nitriles is 1. The van der Waals surface area contributed by atoms with Gasteiger partial charge in [0.05, 0.1) is 18.2 Å². The number of hydrogen-bond donors (Lipinski definition) is 1. The zero-order chi connectivity index (χ0) is 22.9. The number of carbonyl (C=O) groups is 1. The van der Waals surface area contributed by atoms with Gasteiger partial charge in [0, 0.05) is 29.7 Å². The van der Waals surface area contributed by atoms with Gasteiger partial charge in [-0.05, 0) is 54.1 Å². The Morgan fingerprint density at radius 3 is 2.61 bits per heavy atom. The summed E-state index contributed by atoms with van der Waals surface area (Å²) in [5.74, 6) is 1.05. The van der Waals surface area contributed by atoms with Crippen molar-refractivity contribution in [3.8, 4) is 17.6 Å². The average Bonchev–Trinajstić information content (AvgIpc) is 3.37. The second-order valence-electron chi connectivity index (χ2n) is 7.23. The number of anilines is 1. The second-order valence-corrected chi connectivity index (χ2v) is 7.23. The number of nitrogens with zero attached hydrogens (tertiary/aromatic N) is 3. The topological polar surface area (TPSA) is 89.2 Å². The molecule has 4 rings (SSSR count). The van der Waals surface area contributed by atoms with Gasteiger partial charge in [-0.15, -0.1) is 0 Å². The molecule has 0 spiro atoms. The summed E-state index contributed by atoms with van der Waals surface area (Å²) in [7, 11) is 0. The first-order valence-electron chi connectivity index (χ1n) is 10.4. The molecular weight excluding hydrogens is 416 g/mol. The Morgan fingerprint density at radius 2 is 1.79 bits per heavy atom. The van der Waals surface area contributed by atoms with Crippen LogP contribution in [0.25, 0.3) is 0 Å². The molecule has 7 heteroatoms. The zero-order valence-electron chi connectivity index (χ0n) is 17.8. The lowest BCUT2D eigenvalue weighted by atomic mass is 10.1. The molecule has 0 aliphatic carbocycles. The number of carbonyl (C=O) groups excluding carboxylic acids is 1. The van der Waals surface area contributed by atoms with Crippen LogP contribution in [0, 0.1) is 11.3 Å². The van der Waals surface area contributed by atoms with Crippen molar-refractivity contribution in [2.24, 2.45) is 0 Å². The molecule has 1 amide bonds. The molecule has 0 aliphatic heterocycles. The fourth-order valence-corrected chi connectivity index (χ4v) is 3.18. The monoisotopic (exact) mass is 438 g/mol. The number of nitrogens with one attached hydrogen (secondary N) is 1. The molecule has 0 aliphatic rings. The van der Waals surface area contributed by atoms with Crippen LogP contribution in [-0.4, -0.2) is 22.3 Å². The fourth-order valence-electron chi connectivity index (χ4n) is 3.18. The summed E-state index contributed by atoms with van der Waals surface area (Å²) >= 11 is 0. The standard InChI is InChI=1S/C26H22N4O3/c27-18-20-5-2-9-24(16-20)33-19-21-6-1-7-22(15-21)26(31)29-23-8-3-10-25(17-23)32-14-13-30-12-4-11-28-30/h1-12,15-17H,13-14,19H2,(H,29,31). The van der Waals surface area contributed by atoms with Crippen LogP contribution in [0.3, 0.4) is 0 Å². The highest BCUT2D eigenvalue weighted by Gasteiger charge is 2.08. The lowest BCUT2D eigenvalue weighted by Crippen LogP contribution is -2.13. The predicted molar refractivity (Wildman–Crippen MR) is 124 cm³/mol. The third-order valence-corrected chi connectivity index (χ3v) is 4.80. The minimum Gasteiger partial charge on any atom is -0.492 e. The Kier molecular flexibility index (Phi) is 6.98. The van der Waals surface area contributed by atoms with Crippen molar-refractivity contribution in [2.45, 2.75) is 13.2 Å². The first kappa shape index (κ1) is 21.7. The van der Waals surface area contributed by atoms with Gasteiger partial charge in [-0.3, -0.25) is 9.48 Å². The predicted octanol–water partition coefficient (Wildman–Crippen LogP) is 4.67. The molecule has 0 saturated carbocycles. The summed E-state index contributed by atoms with van der Waals surface area (Å²) < 4.78 is 13.3. The third kappa shape index (κ3) is 6.21. The van der Waals surface area contributed by atoms with E-state index < -0.39 is 0 Å². The molecule has 0 unspecified atom stereocenters. The van der Waals surface area contributed by atoms with E-state index in [1.54, 1.807) is 53.3 Å². The average molecular weight is 438 g/mol. The van der Waals surface area contributed by atoms with Gasteiger partial charge in [0.1, 0.15) is 24.7 Å². The molecule has 7 nitrogen and oxygen atoms in total. The number of hydrogen-bond acceptors (Lipinski definition) is 5. The van der Waals surface area contributed by atoms with Crippen LogP contribution in [0.1, 0.15) is 21.5 Å². The van der Waals surface area contributed by atoms with E-state index in [9.17, 15) is 4.79 Å². The molecule has 1 N–H and O–H groups in total. The van der Waals surface area contributed by atoms with Crippen molar-refractivity contribution < 1.29 is 14.3 Å². The summed E-state index contributed by atoms with van der Waals surface area (Å²) in [6.07, 6.45) is 3.60. The van der Waals surface area contributed by atoms with Crippen molar-refractivity contribution in [3.63, 3.8) is 0 Å². The first-order valence-corrected chi connectivity index (χ1v) is 10.4. The SMILES string of the molecule is N#Cc1cccc(OCc2cccc(C(=O)Nc3cccc(OCCn4cccn4)c3)c2)c1. The van der Waals surface area contributed by atoms with E-state index in [0.717, 1.165) is 5.56 Å². The van der Waals surface area contributed by atoms with Crippen molar-refractivity contribution in [1.29, 1.82) is 5.26 Å². The molecule has 1 aromatic heterocycles. The van der Waals surface area contributed by atoms with Crippen LogP contribution in [0.5, 0.6) is 11.5 Å². The molecule has 0 saturated heterocycles. The fraction of sp³-hybridized carbons (Fsp3) is 0.115. The van der Waals surface area contributed by atoms with E-state index in [0.29, 0.717) is 41.5 Å². The zero-order valence-corrected chi connectivity index (χ0v) is 17.8. The van der Waals surface area contributed by atoms with Crippen molar-refractivity contribution in [1.82, 2.24) is 9.78 Å². The van der Waals surface area contributed by atoms with Gasteiger partial charge in [0.25, 0.3) is 5.91 Å². The van der Waals surface area contributed by atoms with Gasteiger partial charge in [-0.25, -0.2) is 0 Å². The second kappa shape index (κ2) is 10.6. The van der Waals surface area contributed by atoms with E-state index in [1.807, 2.05) is 42.6 Å². The number of amides is 1. The highest BCUT2D eigenvalue weighted by molar-refractivity contribution is 6.04. The smallest absolute Gasteiger partial charge is 0.255 e. The van der Waals surface area contributed by atoms with Crippen LogP contribution >= 0.6 is 0 Å². The Morgan fingerprint density at radius 1 is 0.970 bits per heavy atom. The molecule has 0 atom stereocenters. The van der Waals surface area contributed by atoms with Crippen molar-refractivity contribution >= 4 is 11.6 Å². The van der Waals surface area contributed by atoms with Gasteiger partial charge < -0.3 is 14.8 Å². The summed E-state index contributed by atoms with van der Waals surface area (Å²) in [4.78, 5) is 12.8. The van der Waals surface area contributed by atoms with Gasteiger partial charge in [-0.1, -0.05) is 24.3 Å². The van der Waals surface area contributed by atoms with Gasteiger partial charge in [-0.2, -0.15) is 10.4 Å². The molecule has 3 aromatic carbocycles. The summed E-state index contributed by atoms with van der Waals surface area (Å²) in [5, 5.41) is 16.0. The Bertz CT molecular complexity index is 1260. The van der Waals surface area contributed by atoms with Gasteiger partial charge in [0.2, 0.25) is 0 Å². The molecule has 0 bridgehead atoms. The number of ether oxygens (including phenoxy) is 2. The van der Waals surface area contributed by atoms with Crippen LogP contribution < -0.4 is 14.8 Å². The minimum atomic E-state index is -0.225. The van der Waals surface area contributed by atoms with E-state index in [2.05, 4.69) is 16.5 Å². The number of rotatable bonds is 9.